The van der Waals surface area contributed by atoms with Gasteiger partial charge >= 0.3 is 0 Å². The summed E-state index contributed by atoms with van der Waals surface area (Å²) in [7, 11) is -3.81. The van der Waals surface area contributed by atoms with E-state index in [-0.39, 0.29) is 10.8 Å². The lowest BCUT2D eigenvalue weighted by atomic mass is 10.3. The van der Waals surface area contributed by atoms with Gasteiger partial charge in [-0.1, -0.05) is 11.2 Å². The SMILES string of the molecule is O=S(=O)(Nc1nn[nH]n1)c1cccc2nsnc12. The molecule has 2 aromatic heterocycles. The second-order valence-corrected chi connectivity index (χ2v) is 5.41. The fraction of sp³-hybridized carbons (Fsp3) is 0. The summed E-state index contributed by atoms with van der Waals surface area (Å²) in [6.45, 7) is 0. The van der Waals surface area contributed by atoms with Crippen molar-refractivity contribution in [1.82, 2.24) is 29.4 Å². The Hall–Kier alpha value is -2.14. The highest BCUT2D eigenvalue weighted by molar-refractivity contribution is 7.93. The minimum Gasteiger partial charge on any atom is -0.244 e. The van der Waals surface area contributed by atoms with Crippen molar-refractivity contribution in [3.63, 3.8) is 0 Å². The molecule has 0 fully saturated rings. The molecule has 3 aromatic rings. The summed E-state index contributed by atoms with van der Waals surface area (Å²) in [5.74, 6) is -0.129. The standard InChI is InChI=1S/C7H5N7O2S2/c15-18(16,12-7-8-13-14-9-7)5-3-1-2-4-6(5)11-17-10-4/h1-3H,(H2,8,9,12,13,14). The number of anilines is 1. The molecule has 11 heteroatoms. The predicted molar refractivity (Wildman–Crippen MR) is 62.4 cm³/mol. The van der Waals surface area contributed by atoms with Crippen molar-refractivity contribution >= 4 is 38.7 Å². The van der Waals surface area contributed by atoms with Crippen LogP contribution in [-0.4, -0.2) is 37.8 Å². The molecule has 0 amide bonds. The zero-order valence-corrected chi connectivity index (χ0v) is 10.2. The predicted octanol–water partition coefficient (Wildman–Crippen LogP) is 0.00520. The summed E-state index contributed by atoms with van der Waals surface area (Å²) in [6, 6.07) is 4.72. The van der Waals surface area contributed by atoms with E-state index < -0.39 is 10.0 Å². The van der Waals surface area contributed by atoms with E-state index in [9.17, 15) is 8.42 Å². The van der Waals surface area contributed by atoms with E-state index >= 15 is 0 Å². The number of nitrogens with zero attached hydrogens (tertiary/aromatic N) is 5. The van der Waals surface area contributed by atoms with Crippen molar-refractivity contribution in [2.45, 2.75) is 4.90 Å². The van der Waals surface area contributed by atoms with Gasteiger partial charge in [-0.25, -0.2) is 13.1 Å². The van der Waals surface area contributed by atoms with Crippen molar-refractivity contribution < 1.29 is 8.42 Å². The fourth-order valence-electron chi connectivity index (χ4n) is 1.38. The molecule has 0 saturated carbocycles. The Balaban J connectivity index is 2.11. The van der Waals surface area contributed by atoms with Crippen LogP contribution < -0.4 is 4.72 Å². The van der Waals surface area contributed by atoms with Gasteiger partial charge in [0.15, 0.2) is 0 Å². The quantitative estimate of drug-likeness (QED) is 0.692. The fourth-order valence-corrected chi connectivity index (χ4v) is 3.09. The Labute approximate surface area is 105 Å². The Morgan fingerprint density at radius 3 is 2.94 bits per heavy atom. The number of hydrogen-bond donors (Lipinski definition) is 2. The highest BCUT2D eigenvalue weighted by atomic mass is 32.2. The molecule has 2 N–H and O–H groups in total. The first-order valence-corrected chi connectivity index (χ1v) is 6.86. The van der Waals surface area contributed by atoms with Crippen LogP contribution in [0.4, 0.5) is 5.95 Å². The number of nitrogens with one attached hydrogen (secondary N) is 2. The number of fused-ring (bicyclic) bond motifs is 1. The number of rotatable bonds is 3. The Kier molecular flexibility index (Phi) is 2.41. The van der Waals surface area contributed by atoms with Crippen LogP contribution in [0.5, 0.6) is 0 Å². The van der Waals surface area contributed by atoms with Gasteiger partial charge in [-0.15, -0.1) is 5.10 Å². The van der Waals surface area contributed by atoms with Gasteiger partial charge in [-0.3, -0.25) is 0 Å². The lowest BCUT2D eigenvalue weighted by Crippen LogP contribution is -2.14. The van der Waals surface area contributed by atoms with Crippen LogP contribution in [0.3, 0.4) is 0 Å². The first-order valence-electron chi connectivity index (χ1n) is 4.64. The first kappa shape index (κ1) is 11.0. The van der Waals surface area contributed by atoms with Crippen LogP contribution in [-0.2, 0) is 10.0 Å². The number of aromatic nitrogens is 6. The van der Waals surface area contributed by atoms with Crippen LogP contribution in [0.25, 0.3) is 11.0 Å². The topological polar surface area (TPSA) is 126 Å². The van der Waals surface area contributed by atoms with E-state index in [4.69, 9.17) is 0 Å². The summed E-state index contributed by atoms with van der Waals surface area (Å²) in [4.78, 5) is 0.0264. The molecule has 0 bridgehead atoms. The molecule has 0 radical (unpaired) electrons. The monoisotopic (exact) mass is 283 g/mol. The van der Waals surface area contributed by atoms with Crippen molar-refractivity contribution in [2.24, 2.45) is 0 Å². The third-order valence-electron chi connectivity index (χ3n) is 2.11. The zero-order chi connectivity index (χ0) is 12.6. The number of aromatic amines is 1. The second-order valence-electron chi connectivity index (χ2n) is 3.23. The van der Waals surface area contributed by atoms with E-state index in [0.717, 1.165) is 11.7 Å². The largest absolute Gasteiger partial charge is 0.276 e. The van der Waals surface area contributed by atoms with Crippen LogP contribution in [0, 0.1) is 0 Å². The number of tetrazole rings is 1. The van der Waals surface area contributed by atoms with Crippen molar-refractivity contribution in [2.75, 3.05) is 4.72 Å². The molecule has 0 aliphatic heterocycles. The molecule has 0 aliphatic rings. The highest BCUT2D eigenvalue weighted by Crippen LogP contribution is 2.22. The van der Waals surface area contributed by atoms with Crippen LogP contribution >= 0.6 is 11.7 Å². The molecule has 0 unspecified atom stereocenters. The average molecular weight is 283 g/mol. The summed E-state index contributed by atoms with van der Waals surface area (Å²) in [5, 5.41) is 12.5. The number of hydrogen-bond acceptors (Lipinski definition) is 8. The van der Waals surface area contributed by atoms with Crippen molar-refractivity contribution in [1.29, 1.82) is 0 Å². The van der Waals surface area contributed by atoms with E-state index in [1.54, 1.807) is 12.1 Å². The average Bonchev–Trinajstić information content (AvgIpc) is 2.97. The maximum absolute atomic E-state index is 12.1. The minimum atomic E-state index is -3.81. The van der Waals surface area contributed by atoms with Crippen LogP contribution in [0.15, 0.2) is 23.1 Å². The van der Waals surface area contributed by atoms with E-state index in [1.807, 2.05) is 0 Å². The highest BCUT2D eigenvalue weighted by Gasteiger charge is 2.20. The van der Waals surface area contributed by atoms with Crippen LogP contribution in [0.1, 0.15) is 0 Å². The third-order valence-corrected chi connectivity index (χ3v) is 4.01. The third kappa shape index (κ3) is 1.78. The molecule has 0 atom stereocenters. The van der Waals surface area contributed by atoms with Gasteiger partial charge in [0, 0.05) is 0 Å². The summed E-state index contributed by atoms with van der Waals surface area (Å²) >= 11 is 0.949. The number of sulfonamides is 1. The smallest absolute Gasteiger partial charge is 0.244 e. The van der Waals surface area contributed by atoms with Gasteiger partial charge in [0.2, 0.25) is 0 Å². The van der Waals surface area contributed by atoms with Gasteiger partial charge in [-0.05, 0) is 17.3 Å². The zero-order valence-electron chi connectivity index (χ0n) is 8.60. The lowest BCUT2D eigenvalue weighted by molar-refractivity contribution is 0.601. The molecule has 1 aromatic carbocycles. The molecule has 0 saturated heterocycles. The molecule has 18 heavy (non-hydrogen) atoms. The van der Waals surface area contributed by atoms with Gasteiger partial charge in [0.25, 0.3) is 16.0 Å². The van der Waals surface area contributed by atoms with Crippen molar-refractivity contribution in [3.05, 3.63) is 18.2 Å². The second kappa shape index (κ2) is 3.96. The van der Waals surface area contributed by atoms with E-state index in [2.05, 4.69) is 34.1 Å². The van der Waals surface area contributed by atoms with Gasteiger partial charge in [-0.2, -0.15) is 14.0 Å². The van der Waals surface area contributed by atoms with E-state index in [1.165, 1.54) is 6.07 Å². The molecule has 2 heterocycles. The molecule has 9 nitrogen and oxygen atoms in total. The molecule has 0 aliphatic carbocycles. The summed E-state index contributed by atoms with van der Waals surface area (Å²) in [6.07, 6.45) is 0. The molecule has 0 spiro atoms. The van der Waals surface area contributed by atoms with Crippen LogP contribution in [0.2, 0.25) is 0 Å². The van der Waals surface area contributed by atoms with Gasteiger partial charge in [0.05, 0.1) is 11.7 Å². The first-order chi connectivity index (χ1) is 8.67. The molecule has 92 valence electrons. The maximum atomic E-state index is 12.1. The Morgan fingerprint density at radius 1 is 1.28 bits per heavy atom. The molecular weight excluding hydrogens is 278 g/mol. The summed E-state index contributed by atoms with van der Waals surface area (Å²) < 4.78 is 34.4. The van der Waals surface area contributed by atoms with E-state index in [0.29, 0.717) is 11.0 Å². The molecule has 3 rings (SSSR count). The lowest BCUT2D eigenvalue weighted by Gasteiger charge is -2.03. The maximum Gasteiger partial charge on any atom is 0.276 e. The normalized spacial score (nSPS) is 11.8. The number of H-pyrrole nitrogens is 1. The van der Waals surface area contributed by atoms with Crippen molar-refractivity contribution in [3.8, 4) is 0 Å². The van der Waals surface area contributed by atoms with Gasteiger partial charge < -0.3 is 0 Å². The summed E-state index contributed by atoms with van der Waals surface area (Å²) in [5.41, 5.74) is 0.842. The number of benzene rings is 1. The molecular formula is C7H5N7O2S2. The van der Waals surface area contributed by atoms with Gasteiger partial charge in [0.1, 0.15) is 15.9 Å². The minimum absolute atomic E-state index is 0.0264. The Bertz CT molecular complexity index is 779. The Morgan fingerprint density at radius 2 is 2.17 bits per heavy atom.